The summed E-state index contributed by atoms with van der Waals surface area (Å²) < 4.78 is 0. The molecule has 2 nitrogen and oxygen atoms in total. The molecule has 0 aliphatic heterocycles. The normalized spacial score (nSPS) is 19.0. The Morgan fingerprint density at radius 3 is 2.88 bits per heavy atom. The lowest BCUT2D eigenvalue weighted by Crippen LogP contribution is -2.40. The number of hydrogen-bond acceptors (Lipinski definition) is 3. The summed E-state index contributed by atoms with van der Waals surface area (Å²) in [5.74, 6) is 0. The third-order valence-corrected chi connectivity index (χ3v) is 4.66. The van der Waals surface area contributed by atoms with Crippen molar-refractivity contribution in [1.29, 1.82) is 0 Å². The van der Waals surface area contributed by atoms with Crippen LogP contribution in [0.25, 0.3) is 0 Å². The number of rotatable bonds is 6. The molecule has 0 bridgehead atoms. The fourth-order valence-electron chi connectivity index (χ4n) is 2.43. The lowest BCUT2D eigenvalue weighted by Gasteiger charge is -2.26. The maximum atomic E-state index is 3.70. The van der Waals surface area contributed by atoms with Crippen molar-refractivity contribution >= 4 is 11.3 Å². The second kappa shape index (κ2) is 6.53. The van der Waals surface area contributed by atoms with E-state index < -0.39 is 0 Å². The third-order valence-electron chi connectivity index (χ3n) is 3.79. The number of nitrogens with zero attached hydrogens (tertiary/aromatic N) is 1. The number of likely N-dealkylation sites (N-methyl/N-ethyl adjacent to an activating group) is 1. The molecule has 0 radical (unpaired) electrons. The van der Waals surface area contributed by atoms with Crippen molar-refractivity contribution in [3.8, 4) is 0 Å². The summed E-state index contributed by atoms with van der Waals surface area (Å²) in [6, 6.07) is 5.75. The van der Waals surface area contributed by atoms with E-state index in [0.29, 0.717) is 6.04 Å². The van der Waals surface area contributed by atoms with Crippen LogP contribution >= 0.6 is 11.3 Å². The molecular weight excluding hydrogens is 228 g/mol. The summed E-state index contributed by atoms with van der Waals surface area (Å²) >= 11 is 1.85. The van der Waals surface area contributed by atoms with Crippen LogP contribution in [0.2, 0.25) is 0 Å². The first kappa shape index (κ1) is 13.1. The highest BCUT2D eigenvalue weighted by Gasteiger charge is 2.16. The number of nitrogens with one attached hydrogen (secondary N) is 1. The molecule has 1 saturated carbocycles. The van der Waals surface area contributed by atoms with Gasteiger partial charge in [-0.3, -0.25) is 4.90 Å². The van der Waals surface area contributed by atoms with E-state index in [1.54, 1.807) is 0 Å². The van der Waals surface area contributed by atoms with Crippen molar-refractivity contribution in [2.75, 3.05) is 13.6 Å². The standard InChI is InChI=1S/C14H24N2S/c1-12(10-15-13-6-3-4-7-13)16(2)11-14-8-5-9-17-14/h5,8-9,12-13,15H,3-4,6-7,10-11H2,1-2H3. The summed E-state index contributed by atoms with van der Waals surface area (Å²) in [6.45, 7) is 4.51. The zero-order valence-electron chi connectivity index (χ0n) is 11.0. The van der Waals surface area contributed by atoms with Crippen LogP contribution < -0.4 is 5.32 Å². The SMILES string of the molecule is CC(CNC1CCCC1)N(C)Cc1cccs1. The summed E-state index contributed by atoms with van der Waals surface area (Å²) in [7, 11) is 2.22. The number of thiophene rings is 1. The molecule has 0 amide bonds. The first-order valence-corrected chi connectivity index (χ1v) is 7.59. The van der Waals surface area contributed by atoms with Crippen LogP contribution in [0.4, 0.5) is 0 Å². The van der Waals surface area contributed by atoms with Crippen LogP contribution in [-0.2, 0) is 6.54 Å². The molecule has 0 aromatic carbocycles. The summed E-state index contributed by atoms with van der Waals surface area (Å²) in [5, 5.41) is 5.86. The van der Waals surface area contributed by atoms with Gasteiger partial charge in [0.15, 0.2) is 0 Å². The summed E-state index contributed by atoms with van der Waals surface area (Å²) in [5.41, 5.74) is 0. The van der Waals surface area contributed by atoms with Gasteiger partial charge in [-0.1, -0.05) is 18.9 Å². The summed E-state index contributed by atoms with van der Waals surface area (Å²) in [4.78, 5) is 3.90. The molecule has 1 atom stereocenters. The maximum Gasteiger partial charge on any atom is 0.0328 e. The van der Waals surface area contributed by atoms with E-state index in [9.17, 15) is 0 Å². The van der Waals surface area contributed by atoms with Crippen LogP contribution in [0.3, 0.4) is 0 Å². The molecule has 96 valence electrons. The first-order valence-electron chi connectivity index (χ1n) is 6.71. The Kier molecular flexibility index (Phi) is 5.01. The molecule has 0 saturated heterocycles. The Bertz CT molecular complexity index is 304. The smallest absolute Gasteiger partial charge is 0.0328 e. The Morgan fingerprint density at radius 2 is 2.24 bits per heavy atom. The molecule has 1 aromatic rings. The lowest BCUT2D eigenvalue weighted by molar-refractivity contribution is 0.239. The minimum absolute atomic E-state index is 0.609. The monoisotopic (exact) mass is 252 g/mol. The molecule has 0 spiro atoms. The Labute approximate surface area is 109 Å². The molecule has 1 heterocycles. The zero-order valence-corrected chi connectivity index (χ0v) is 11.8. The highest BCUT2D eigenvalue weighted by molar-refractivity contribution is 7.09. The van der Waals surface area contributed by atoms with Gasteiger partial charge in [0.1, 0.15) is 0 Å². The second-order valence-corrected chi connectivity index (χ2v) is 6.27. The van der Waals surface area contributed by atoms with Gasteiger partial charge in [0.05, 0.1) is 0 Å². The van der Waals surface area contributed by atoms with Gasteiger partial charge in [-0.05, 0) is 38.3 Å². The first-order chi connectivity index (χ1) is 8.25. The molecule has 1 aromatic heterocycles. The van der Waals surface area contributed by atoms with Crippen molar-refractivity contribution in [1.82, 2.24) is 10.2 Å². The Hall–Kier alpha value is -0.380. The quantitative estimate of drug-likeness (QED) is 0.837. The molecule has 2 rings (SSSR count). The van der Waals surface area contributed by atoms with Crippen molar-refractivity contribution in [2.24, 2.45) is 0 Å². The lowest BCUT2D eigenvalue weighted by atomic mass is 10.2. The fraction of sp³-hybridized carbons (Fsp3) is 0.714. The topological polar surface area (TPSA) is 15.3 Å². The fourth-order valence-corrected chi connectivity index (χ4v) is 3.19. The molecule has 1 N–H and O–H groups in total. The van der Waals surface area contributed by atoms with Crippen molar-refractivity contribution < 1.29 is 0 Å². The van der Waals surface area contributed by atoms with Crippen LogP contribution in [0.15, 0.2) is 17.5 Å². The van der Waals surface area contributed by atoms with Crippen molar-refractivity contribution in [3.05, 3.63) is 22.4 Å². The largest absolute Gasteiger partial charge is 0.312 e. The maximum absolute atomic E-state index is 3.70. The van der Waals surface area contributed by atoms with Crippen molar-refractivity contribution in [2.45, 2.75) is 51.2 Å². The van der Waals surface area contributed by atoms with E-state index in [2.05, 4.69) is 41.7 Å². The zero-order chi connectivity index (χ0) is 12.1. The highest BCUT2D eigenvalue weighted by Crippen LogP contribution is 2.18. The van der Waals surface area contributed by atoms with Gasteiger partial charge >= 0.3 is 0 Å². The Balaban J connectivity index is 1.69. The molecule has 17 heavy (non-hydrogen) atoms. The minimum Gasteiger partial charge on any atom is -0.312 e. The Morgan fingerprint density at radius 1 is 1.47 bits per heavy atom. The van der Waals surface area contributed by atoms with Crippen LogP contribution in [-0.4, -0.2) is 30.6 Å². The number of hydrogen-bond donors (Lipinski definition) is 1. The second-order valence-electron chi connectivity index (χ2n) is 5.23. The van der Waals surface area contributed by atoms with Gasteiger partial charge in [-0.2, -0.15) is 0 Å². The van der Waals surface area contributed by atoms with E-state index in [1.165, 1.54) is 30.6 Å². The van der Waals surface area contributed by atoms with E-state index in [-0.39, 0.29) is 0 Å². The molecule has 1 unspecified atom stereocenters. The highest BCUT2D eigenvalue weighted by atomic mass is 32.1. The third kappa shape index (κ3) is 4.09. The van der Waals surface area contributed by atoms with Crippen LogP contribution in [0.5, 0.6) is 0 Å². The van der Waals surface area contributed by atoms with Gasteiger partial charge < -0.3 is 5.32 Å². The average Bonchev–Trinajstić information content (AvgIpc) is 2.98. The summed E-state index contributed by atoms with van der Waals surface area (Å²) in [6.07, 6.45) is 5.58. The van der Waals surface area contributed by atoms with Crippen LogP contribution in [0, 0.1) is 0 Å². The molecule has 1 fully saturated rings. The molecule has 1 aliphatic rings. The predicted molar refractivity (Wildman–Crippen MR) is 75.5 cm³/mol. The molecule has 3 heteroatoms. The minimum atomic E-state index is 0.609. The van der Waals surface area contributed by atoms with Gasteiger partial charge in [-0.25, -0.2) is 0 Å². The van der Waals surface area contributed by atoms with E-state index in [0.717, 1.165) is 19.1 Å². The van der Waals surface area contributed by atoms with Gasteiger partial charge in [0.2, 0.25) is 0 Å². The van der Waals surface area contributed by atoms with Crippen molar-refractivity contribution in [3.63, 3.8) is 0 Å². The molecular formula is C14H24N2S. The van der Waals surface area contributed by atoms with Gasteiger partial charge in [-0.15, -0.1) is 11.3 Å². The van der Waals surface area contributed by atoms with Gasteiger partial charge in [0.25, 0.3) is 0 Å². The van der Waals surface area contributed by atoms with Gasteiger partial charge in [0, 0.05) is 30.1 Å². The van der Waals surface area contributed by atoms with E-state index >= 15 is 0 Å². The molecule has 1 aliphatic carbocycles. The average molecular weight is 252 g/mol. The predicted octanol–water partition coefficient (Wildman–Crippen LogP) is 3.10. The van der Waals surface area contributed by atoms with E-state index in [1.807, 2.05) is 11.3 Å². The van der Waals surface area contributed by atoms with E-state index in [4.69, 9.17) is 0 Å². The van der Waals surface area contributed by atoms with Crippen LogP contribution in [0.1, 0.15) is 37.5 Å².